The second-order valence-electron chi connectivity index (χ2n) is 11.3. The van der Waals surface area contributed by atoms with Crippen LogP contribution in [0.1, 0.15) is 43.0 Å². The van der Waals surface area contributed by atoms with Gasteiger partial charge in [-0.1, -0.05) is 54.6 Å². The molecule has 0 saturated carbocycles. The van der Waals surface area contributed by atoms with Crippen LogP contribution in [0.25, 0.3) is 11.1 Å². The summed E-state index contributed by atoms with van der Waals surface area (Å²) in [6, 6.07) is 40.6. The summed E-state index contributed by atoms with van der Waals surface area (Å²) in [4.78, 5) is 26.1. The molecule has 1 aliphatic heterocycles. The zero-order valence-electron chi connectivity index (χ0n) is 24.4. The van der Waals surface area contributed by atoms with Gasteiger partial charge >= 0.3 is 11.9 Å². The smallest absolute Gasteiger partial charge is 0.343 e. The first-order valence-electron chi connectivity index (χ1n) is 14.7. The molecular weight excluding hydrogens is 576 g/mol. The lowest BCUT2D eigenvalue weighted by molar-refractivity contribution is 0.0724. The lowest BCUT2D eigenvalue weighted by Gasteiger charge is -2.39. The summed E-state index contributed by atoms with van der Waals surface area (Å²) in [7, 11) is 0. The standard InChI is InChI=1S/C39H26N2O5/c40-25-13-9-23(10-14-25)37(42)44-27-18-20-35-34(21-27)39(31-7-3-1-5-29(31)30-6-2-4-8-32(30)39)33-19-17-28(22-36(33)46-35)45-38(43)24-11-15-26(41)16-12-24/h1-22H,40-41H2. The molecule has 1 aliphatic carbocycles. The van der Waals surface area contributed by atoms with Crippen LogP contribution in [0, 0.1) is 0 Å². The summed E-state index contributed by atoms with van der Waals surface area (Å²) in [6.45, 7) is 0. The maximum Gasteiger partial charge on any atom is 0.343 e. The Morgan fingerprint density at radius 3 is 1.57 bits per heavy atom. The molecule has 46 heavy (non-hydrogen) atoms. The predicted molar refractivity (Wildman–Crippen MR) is 175 cm³/mol. The van der Waals surface area contributed by atoms with Crippen molar-refractivity contribution in [3.05, 3.63) is 167 Å². The van der Waals surface area contributed by atoms with Crippen LogP contribution in [0.5, 0.6) is 23.0 Å². The van der Waals surface area contributed by atoms with E-state index in [1.165, 1.54) is 0 Å². The van der Waals surface area contributed by atoms with Crippen molar-refractivity contribution in [2.45, 2.75) is 5.41 Å². The summed E-state index contributed by atoms with van der Waals surface area (Å²) in [6.07, 6.45) is 0. The molecule has 1 spiro atoms. The number of hydrogen-bond donors (Lipinski definition) is 2. The molecule has 0 amide bonds. The van der Waals surface area contributed by atoms with Gasteiger partial charge in [0.25, 0.3) is 0 Å². The van der Waals surface area contributed by atoms with Crippen molar-refractivity contribution in [2.75, 3.05) is 11.5 Å². The van der Waals surface area contributed by atoms with Crippen LogP contribution in [0.15, 0.2) is 133 Å². The number of nitrogens with two attached hydrogens (primary N) is 2. The summed E-state index contributed by atoms with van der Waals surface area (Å²) in [5.41, 5.74) is 18.7. The highest BCUT2D eigenvalue weighted by atomic mass is 16.5. The average Bonchev–Trinajstić information content (AvgIpc) is 3.36. The van der Waals surface area contributed by atoms with E-state index in [0.29, 0.717) is 45.5 Å². The Kier molecular flexibility index (Phi) is 6.15. The third kappa shape index (κ3) is 4.21. The predicted octanol–water partition coefficient (Wildman–Crippen LogP) is 7.76. The summed E-state index contributed by atoms with van der Waals surface area (Å²) in [5, 5.41) is 0. The van der Waals surface area contributed by atoms with Gasteiger partial charge in [0.05, 0.1) is 16.5 Å². The zero-order valence-corrected chi connectivity index (χ0v) is 24.4. The molecule has 6 aromatic carbocycles. The first kappa shape index (κ1) is 27.2. The monoisotopic (exact) mass is 602 g/mol. The minimum absolute atomic E-state index is 0.341. The van der Waals surface area contributed by atoms with Gasteiger partial charge in [-0.05, 0) is 95.1 Å². The van der Waals surface area contributed by atoms with Gasteiger partial charge < -0.3 is 25.7 Å². The molecular formula is C39H26N2O5. The van der Waals surface area contributed by atoms with Gasteiger partial charge in [-0.25, -0.2) is 9.59 Å². The first-order chi connectivity index (χ1) is 22.4. The molecule has 2 aliphatic rings. The van der Waals surface area contributed by atoms with Crippen LogP contribution < -0.4 is 25.7 Å². The van der Waals surface area contributed by atoms with Gasteiger partial charge in [0.2, 0.25) is 0 Å². The molecule has 7 nitrogen and oxygen atoms in total. The summed E-state index contributed by atoms with van der Waals surface area (Å²) < 4.78 is 18.2. The van der Waals surface area contributed by atoms with E-state index in [2.05, 4.69) is 24.3 Å². The lowest BCUT2D eigenvalue weighted by Crippen LogP contribution is -2.32. The van der Waals surface area contributed by atoms with Crippen molar-refractivity contribution >= 4 is 23.3 Å². The number of fused-ring (bicyclic) bond motifs is 9. The number of carbonyl (C=O) groups is 2. The molecule has 0 saturated heterocycles. The Bertz CT molecular complexity index is 2140. The number of hydrogen-bond acceptors (Lipinski definition) is 7. The fourth-order valence-corrected chi connectivity index (χ4v) is 6.56. The quantitative estimate of drug-likeness (QED) is 0.120. The van der Waals surface area contributed by atoms with Gasteiger partial charge in [-0.2, -0.15) is 0 Å². The normalized spacial score (nSPS) is 13.0. The number of rotatable bonds is 4. The highest BCUT2D eigenvalue weighted by molar-refractivity contribution is 5.93. The number of esters is 2. The Morgan fingerprint density at radius 2 is 1.00 bits per heavy atom. The van der Waals surface area contributed by atoms with Crippen LogP contribution in [0.2, 0.25) is 0 Å². The van der Waals surface area contributed by atoms with Crippen molar-refractivity contribution in [2.24, 2.45) is 0 Å². The van der Waals surface area contributed by atoms with Crippen molar-refractivity contribution in [1.29, 1.82) is 0 Å². The summed E-state index contributed by atoms with van der Waals surface area (Å²) in [5.74, 6) is 0.859. The molecule has 0 aromatic heterocycles. The van der Waals surface area contributed by atoms with Crippen LogP contribution in [0.4, 0.5) is 11.4 Å². The maximum absolute atomic E-state index is 13.1. The zero-order chi connectivity index (χ0) is 31.4. The van der Waals surface area contributed by atoms with Crippen LogP contribution >= 0.6 is 0 Å². The minimum atomic E-state index is -0.806. The second-order valence-corrected chi connectivity index (χ2v) is 11.3. The van der Waals surface area contributed by atoms with Crippen molar-refractivity contribution in [3.63, 3.8) is 0 Å². The fourth-order valence-electron chi connectivity index (χ4n) is 6.56. The molecule has 0 bridgehead atoms. The van der Waals surface area contributed by atoms with E-state index in [4.69, 9.17) is 25.7 Å². The number of ether oxygens (including phenoxy) is 3. The second kappa shape index (κ2) is 10.4. The van der Waals surface area contributed by atoms with E-state index in [0.717, 1.165) is 33.4 Å². The number of benzene rings is 6. The van der Waals surface area contributed by atoms with Crippen molar-refractivity contribution in [1.82, 2.24) is 0 Å². The van der Waals surface area contributed by atoms with E-state index in [9.17, 15) is 9.59 Å². The SMILES string of the molecule is Nc1ccc(C(=O)Oc2ccc3c(c2)Oc2ccc(OC(=O)c4ccc(N)cc4)cc2C32c3ccccc3-c3ccccc32)cc1. The van der Waals surface area contributed by atoms with E-state index in [1.54, 1.807) is 66.7 Å². The van der Waals surface area contributed by atoms with Crippen molar-refractivity contribution < 1.29 is 23.8 Å². The Labute approximate surface area is 264 Å². The molecule has 4 N–H and O–H groups in total. The van der Waals surface area contributed by atoms with Gasteiger partial charge in [-0.15, -0.1) is 0 Å². The molecule has 0 radical (unpaired) electrons. The van der Waals surface area contributed by atoms with Gasteiger partial charge in [-0.3, -0.25) is 0 Å². The lowest BCUT2D eigenvalue weighted by atomic mass is 9.66. The molecule has 7 heteroatoms. The Morgan fingerprint density at radius 1 is 0.500 bits per heavy atom. The molecule has 1 heterocycles. The van der Waals surface area contributed by atoms with E-state index in [-0.39, 0.29) is 0 Å². The van der Waals surface area contributed by atoms with Crippen LogP contribution in [-0.4, -0.2) is 11.9 Å². The van der Waals surface area contributed by atoms with E-state index in [1.807, 2.05) is 42.5 Å². The van der Waals surface area contributed by atoms with Crippen molar-refractivity contribution in [3.8, 4) is 34.1 Å². The summed E-state index contributed by atoms with van der Waals surface area (Å²) >= 11 is 0. The third-order valence-electron chi connectivity index (χ3n) is 8.60. The van der Waals surface area contributed by atoms with Gasteiger partial charge in [0.1, 0.15) is 23.0 Å². The van der Waals surface area contributed by atoms with E-state index < -0.39 is 17.4 Å². The molecule has 0 unspecified atom stereocenters. The minimum Gasteiger partial charge on any atom is -0.457 e. The fraction of sp³-hybridized carbons (Fsp3) is 0.0256. The van der Waals surface area contributed by atoms with Gasteiger partial charge in [0, 0.05) is 28.6 Å². The molecule has 0 atom stereocenters. The third-order valence-corrected chi connectivity index (χ3v) is 8.60. The molecule has 222 valence electrons. The highest BCUT2D eigenvalue weighted by Crippen LogP contribution is 2.62. The largest absolute Gasteiger partial charge is 0.457 e. The van der Waals surface area contributed by atoms with Crippen LogP contribution in [-0.2, 0) is 5.41 Å². The number of anilines is 2. The topological polar surface area (TPSA) is 114 Å². The number of carbonyl (C=O) groups excluding carboxylic acids is 2. The molecule has 6 aromatic rings. The first-order valence-corrected chi connectivity index (χ1v) is 14.7. The van der Waals surface area contributed by atoms with Crippen LogP contribution in [0.3, 0.4) is 0 Å². The maximum atomic E-state index is 13.1. The van der Waals surface area contributed by atoms with Gasteiger partial charge in [0.15, 0.2) is 0 Å². The molecule has 8 rings (SSSR count). The average molecular weight is 603 g/mol. The highest BCUT2D eigenvalue weighted by Gasteiger charge is 2.51. The van der Waals surface area contributed by atoms with E-state index >= 15 is 0 Å². The number of nitrogen functional groups attached to an aromatic ring is 2. The Hall–Kier alpha value is -6.34. The molecule has 0 fully saturated rings. The Balaban J connectivity index is 1.27.